The van der Waals surface area contributed by atoms with Crippen LogP contribution in [0, 0.1) is 0 Å². The van der Waals surface area contributed by atoms with Gasteiger partial charge >= 0.3 is 6.09 Å². The van der Waals surface area contributed by atoms with E-state index in [9.17, 15) is 19.5 Å². The van der Waals surface area contributed by atoms with Gasteiger partial charge in [-0.1, -0.05) is 91.0 Å². The van der Waals surface area contributed by atoms with Crippen molar-refractivity contribution in [1.82, 2.24) is 14.8 Å². The molecule has 1 heterocycles. The van der Waals surface area contributed by atoms with E-state index in [1.165, 1.54) is 0 Å². The summed E-state index contributed by atoms with van der Waals surface area (Å²) in [7, 11) is 1.77. The molecular formula is C30H28N6O4. The number of aryl methyl sites for hydroxylation is 1. The highest BCUT2D eigenvalue weighted by Gasteiger charge is 2.38. The van der Waals surface area contributed by atoms with E-state index in [0.717, 1.165) is 21.7 Å². The smallest absolute Gasteiger partial charge is 0.426 e. The predicted molar refractivity (Wildman–Crippen MR) is 155 cm³/mol. The van der Waals surface area contributed by atoms with Gasteiger partial charge in [0.05, 0.1) is 6.20 Å². The molecule has 0 spiro atoms. The number of carboxylic acid groups (broad SMARTS) is 1. The van der Waals surface area contributed by atoms with Crippen molar-refractivity contribution in [3.63, 3.8) is 0 Å². The molecule has 40 heavy (non-hydrogen) atoms. The van der Waals surface area contributed by atoms with Gasteiger partial charge in [-0.15, -0.1) is 0 Å². The van der Waals surface area contributed by atoms with Crippen molar-refractivity contribution < 1.29 is 9.90 Å². The lowest BCUT2D eigenvalue weighted by molar-refractivity contribution is 0.157. The molecule has 4 N–H and O–H groups in total. The van der Waals surface area contributed by atoms with Gasteiger partial charge in [-0.2, -0.15) is 5.10 Å². The Hall–Kier alpha value is -5.38. The maximum absolute atomic E-state index is 12.6. The highest BCUT2D eigenvalue weighted by Crippen LogP contribution is 2.42. The van der Waals surface area contributed by atoms with Gasteiger partial charge in [-0.25, -0.2) is 9.80 Å². The fourth-order valence-corrected chi connectivity index (χ4v) is 4.79. The average Bonchev–Trinajstić information content (AvgIpc) is 3.34. The van der Waals surface area contributed by atoms with Gasteiger partial charge in [0, 0.05) is 13.6 Å². The number of anilines is 4. The largest absolute Gasteiger partial charge is 0.464 e. The van der Waals surface area contributed by atoms with Crippen LogP contribution in [0.5, 0.6) is 0 Å². The Morgan fingerprint density at radius 2 is 1.32 bits per heavy atom. The number of nitrogens with one attached hydrogen (secondary N) is 3. The molecule has 1 amide bonds. The van der Waals surface area contributed by atoms with Crippen LogP contribution in [0.25, 0.3) is 0 Å². The molecule has 0 unspecified atom stereocenters. The average molecular weight is 537 g/mol. The van der Waals surface area contributed by atoms with Gasteiger partial charge in [-0.3, -0.25) is 19.7 Å². The maximum atomic E-state index is 12.6. The molecule has 5 aromatic rings. The molecule has 0 saturated heterocycles. The Morgan fingerprint density at radius 3 is 1.77 bits per heavy atom. The number of hydrogen-bond acceptors (Lipinski definition) is 7. The zero-order chi connectivity index (χ0) is 28.3. The third kappa shape index (κ3) is 4.55. The molecule has 0 atom stereocenters. The first-order chi connectivity index (χ1) is 19.4. The second-order valence-corrected chi connectivity index (χ2v) is 9.18. The van der Waals surface area contributed by atoms with Gasteiger partial charge in [0.15, 0.2) is 0 Å². The monoisotopic (exact) mass is 536 g/mol. The molecule has 10 heteroatoms. The summed E-state index contributed by atoms with van der Waals surface area (Å²) in [4.78, 5) is 36.4. The van der Waals surface area contributed by atoms with E-state index in [4.69, 9.17) is 0 Å². The molecule has 0 aliphatic carbocycles. The number of amides is 1. The molecule has 1 aromatic heterocycles. The lowest BCUT2D eigenvalue weighted by Crippen LogP contribution is -2.43. The molecule has 10 nitrogen and oxygen atoms in total. The van der Waals surface area contributed by atoms with Gasteiger partial charge in [-0.05, 0) is 23.6 Å². The lowest BCUT2D eigenvalue weighted by Gasteiger charge is -2.38. The quantitative estimate of drug-likeness (QED) is 0.117. The summed E-state index contributed by atoms with van der Waals surface area (Å²) in [6, 6.07) is 30.0. The van der Waals surface area contributed by atoms with Crippen LogP contribution >= 0.6 is 0 Å². The fourth-order valence-electron chi connectivity index (χ4n) is 4.79. The summed E-state index contributed by atoms with van der Waals surface area (Å²) < 4.78 is 1.64. The number of hydrogen-bond donors (Lipinski definition) is 4. The number of rotatable bonds is 10. The first-order valence-electron chi connectivity index (χ1n) is 12.7. The van der Waals surface area contributed by atoms with Crippen LogP contribution < -0.4 is 26.9 Å². The van der Waals surface area contributed by atoms with Crippen molar-refractivity contribution in [2.75, 3.05) is 22.6 Å². The molecule has 202 valence electrons. The molecule has 0 saturated carbocycles. The van der Waals surface area contributed by atoms with Crippen LogP contribution in [0.4, 0.5) is 27.7 Å². The molecule has 0 radical (unpaired) electrons. The third-order valence-electron chi connectivity index (χ3n) is 6.83. The summed E-state index contributed by atoms with van der Waals surface area (Å²) in [6.45, 7) is 1.68. The first-order valence-corrected chi connectivity index (χ1v) is 12.7. The van der Waals surface area contributed by atoms with Crippen LogP contribution in [0.1, 0.15) is 23.6 Å². The molecule has 0 fully saturated rings. The predicted octanol–water partition coefficient (Wildman–Crippen LogP) is 4.49. The standard InChI is InChI=1S/C30H28N6O4/c1-3-36(29(39)40)34-25-24(26(37)27(25)38)32-23-19-31-35(2)28(23)33-30(20-13-7-4-8-14-20,21-15-9-5-10-16-21)22-17-11-6-12-18-22/h4-19,32-34H,3H2,1-2H3,(H,39,40). The van der Waals surface area contributed by atoms with Crippen molar-refractivity contribution in [3.05, 3.63) is 134 Å². The molecule has 5 rings (SSSR count). The van der Waals surface area contributed by atoms with Gasteiger partial charge in [0.1, 0.15) is 28.4 Å². The van der Waals surface area contributed by atoms with Gasteiger partial charge in [0.2, 0.25) is 0 Å². The van der Waals surface area contributed by atoms with E-state index < -0.39 is 22.5 Å². The minimum Gasteiger partial charge on any atom is -0.464 e. The van der Waals surface area contributed by atoms with Gasteiger partial charge in [0.25, 0.3) is 10.9 Å². The van der Waals surface area contributed by atoms with Crippen LogP contribution in [0.2, 0.25) is 0 Å². The molecule has 0 aliphatic rings. The number of hydrazine groups is 1. The highest BCUT2D eigenvalue weighted by molar-refractivity contribution is 5.83. The molecule has 0 bridgehead atoms. The molecular weight excluding hydrogens is 508 g/mol. The van der Waals surface area contributed by atoms with E-state index in [0.29, 0.717) is 11.5 Å². The lowest BCUT2D eigenvalue weighted by atomic mass is 9.77. The van der Waals surface area contributed by atoms with Crippen molar-refractivity contribution >= 4 is 29.0 Å². The summed E-state index contributed by atoms with van der Waals surface area (Å²) in [5.41, 5.74) is 3.30. The molecule has 0 aliphatic heterocycles. The first kappa shape index (κ1) is 26.2. The second kappa shape index (κ2) is 10.8. The molecule has 4 aromatic carbocycles. The minimum atomic E-state index is -1.27. The Bertz CT molecular complexity index is 1600. The van der Waals surface area contributed by atoms with E-state index in [1.54, 1.807) is 24.9 Å². The Balaban J connectivity index is 1.63. The minimum absolute atomic E-state index is 0.0366. The van der Waals surface area contributed by atoms with Crippen LogP contribution in [0.3, 0.4) is 0 Å². The SMILES string of the molecule is CCN(Nc1c(Nc2cnn(C)c2NC(c2ccccc2)(c2ccccc2)c2ccccc2)c(=O)c1=O)C(=O)O. The van der Waals surface area contributed by atoms with Crippen molar-refractivity contribution in [1.29, 1.82) is 0 Å². The second-order valence-electron chi connectivity index (χ2n) is 9.18. The zero-order valence-electron chi connectivity index (χ0n) is 22.0. The third-order valence-corrected chi connectivity index (χ3v) is 6.83. The Labute approximate surface area is 230 Å². The van der Waals surface area contributed by atoms with E-state index in [1.807, 2.05) is 91.0 Å². The van der Waals surface area contributed by atoms with E-state index >= 15 is 0 Å². The van der Waals surface area contributed by atoms with Crippen LogP contribution in [-0.4, -0.2) is 32.5 Å². The zero-order valence-corrected chi connectivity index (χ0v) is 22.0. The maximum Gasteiger partial charge on any atom is 0.426 e. The van der Waals surface area contributed by atoms with Crippen molar-refractivity contribution in [2.45, 2.75) is 12.5 Å². The topological polar surface area (TPSA) is 129 Å². The highest BCUT2D eigenvalue weighted by atomic mass is 16.4. The van der Waals surface area contributed by atoms with Crippen molar-refractivity contribution in [3.8, 4) is 0 Å². The summed E-state index contributed by atoms with van der Waals surface area (Å²) in [6.07, 6.45) is 0.271. The number of nitrogens with zero attached hydrogens (tertiary/aromatic N) is 3. The summed E-state index contributed by atoms with van der Waals surface area (Å²) >= 11 is 0. The van der Waals surface area contributed by atoms with E-state index in [-0.39, 0.29) is 17.9 Å². The Kier molecular flexibility index (Phi) is 7.07. The fraction of sp³-hybridized carbons (Fsp3) is 0.133. The van der Waals surface area contributed by atoms with Crippen LogP contribution in [0.15, 0.2) is 107 Å². The number of benzene rings is 3. The summed E-state index contributed by atoms with van der Waals surface area (Å²) in [5, 5.41) is 21.4. The summed E-state index contributed by atoms with van der Waals surface area (Å²) in [5.74, 6) is 0.543. The van der Waals surface area contributed by atoms with E-state index in [2.05, 4.69) is 21.2 Å². The van der Waals surface area contributed by atoms with Crippen molar-refractivity contribution in [2.24, 2.45) is 7.05 Å². The normalized spacial score (nSPS) is 11.2. The number of carbonyl (C=O) groups is 1. The number of aromatic nitrogens is 2. The Morgan fingerprint density at radius 1 is 0.850 bits per heavy atom. The van der Waals surface area contributed by atoms with Crippen LogP contribution in [-0.2, 0) is 12.6 Å². The van der Waals surface area contributed by atoms with Gasteiger partial charge < -0.3 is 15.7 Å².